The molecule has 1 aromatic heterocycles. The van der Waals surface area contributed by atoms with Crippen molar-refractivity contribution < 1.29 is 0 Å². The summed E-state index contributed by atoms with van der Waals surface area (Å²) >= 11 is 0. The van der Waals surface area contributed by atoms with Crippen molar-refractivity contribution in [2.24, 2.45) is 0 Å². The largest absolute Gasteiger partial charge is 0.323 e. The molecule has 2 aliphatic carbocycles. The average molecular weight is 339 g/mol. The van der Waals surface area contributed by atoms with Crippen LogP contribution in [0.2, 0.25) is 0 Å². The molecular formula is C22H30NP. The van der Waals surface area contributed by atoms with E-state index in [4.69, 9.17) is 0 Å². The molecule has 0 amide bonds. The maximum absolute atomic E-state index is 2.46. The van der Waals surface area contributed by atoms with E-state index < -0.39 is 0 Å². The van der Waals surface area contributed by atoms with Crippen LogP contribution in [0.1, 0.15) is 64.2 Å². The van der Waals surface area contributed by atoms with Crippen LogP contribution in [0.3, 0.4) is 0 Å². The van der Waals surface area contributed by atoms with Crippen molar-refractivity contribution in [1.82, 2.24) is 4.57 Å². The SMILES string of the molecule is c1ccc(P(C2CCCCC2)C2CCCCC2)c(-n2cccc2)c1. The van der Waals surface area contributed by atoms with Crippen LogP contribution in [-0.4, -0.2) is 15.9 Å². The molecule has 0 aliphatic heterocycles. The summed E-state index contributed by atoms with van der Waals surface area (Å²) in [6.07, 6.45) is 19.1. The predicted octanol–water partition coefficient (Wildman–Crippen LogP) is 6.25. The monoisotopic (exact) mass is 339 g/mol. The molecule has 0 atom stereocenters. The Kier molecular flexibility index (Phi) is 5.38. The van der Waals surface area contributed by atoms with Gasteiger partial charge in [0.2, 0.25) is 0 Å². The van der Waals surface area contributed by atoms with Crippen LogP contribution in [0.25, 0.3) is 5.69 Å². The molecule has 1 nitrogen and oxygen atoms in total. The van der Waals surface area contributed by atoms with Gasteiger partial charge in [0.25, 0.3) is 0 Å². The van der Waals surface area contributed by atoms with E-state index in [1.54, 1.807) is 5.30 Å². The Hall–Kier alpha value is -1.07. The summed E-state index contributed by atoms with van der Waals surface area (Å²) in [5.74, 6) is 0. The molecule has 4 rings (SSSR count). The van der Waals surface area contributed by atoms with Crippen LogP contribution < -0.4 is 5.30 Å². The molecule has 0 unspecified atom stereocenters. The second-order valence-corrected chi connectivity index (χ2v) is 10.3. The Labute approximate surface area is 148 Å². The van der Waals surface area contributed by atoms with E-state index >= 15 is 0 Å². The van der Waals surface area contributed by atoms with Gasteiger partial charge in [-0.2, -0.15) is 0 Å². The van der Waals surface area contributed by atoms with Gasteiger partial charge in [-0.05, 0) is 55.2 Å². The van der Waals surface area contributed by atoms with Gasteiger partial charge in [-0.3, -0.25) is 0 Å². The summed E-state index contributed by atoms with van der Waals surface area (Å²) in [6, 6.07) is 13.6. The molecule has 0 radical (unpaired) electrons. The van der Waals surface area contributed by atoms with Gasteiger partial charge in [0.15, 0.2) is 0 Å². The van der Waals surface area contributed by atoms with Gasteiger partial charge < -0.3 is 4.57 Å². The number of benzene rings is 1. The van der Waals surface area contributed by atoms with E-state index in [2.05, 4.69) is 53.4 Å². The van der Waals surface area contributed by atoms with Crippen molar-refractivity contribution in [3.05, 3.63) is 48.8 Å². The topological polar surface area (TPSA) is 4.93 Å². The van der Waals surface area contributed by atoms with E-state index in [1.165, 1.54) is 69.9 Å². The van der Waals surface area contributed by atoms with Crippen LogP contribution in [0.15, 0.2) is 48.8 Å². The molecule has 2 aromatic rings. The number of aromatic nitrogens is 1. The first kappa shape index (κ1) is 16.4. The fourth-order valence-electron chi connectivity index (χ4n) is 4.81. The van der Waals surface area contributed by atoms with Gasteiger partial charge in [-0.15, -0.1) is 0 Å². The van der Waals surface area contributed by atoms with Gasteiger partial charge in [-0.25, -0.2) is 0 Å². The normalized spacial score (nSPS) is 20.5. The molecule has 1 aromatic carbocycles. The molecule has 0 bridgehead atoms. The summed E-state index contributed by atoms with van der Waals surface area (Å²) in [4.78, 5) is 0. The lowest BCUT2D eigenvalue weighted by atomic mass is 9.99. The maximum atomic E-state index is 2.46. The van der Waals surface area contributed by atoms with E-state index in [-0.39, 0.29) is 7.92 Å². The molecule has 2 fully saturated rings. The molecule has 0 spiro atoms. The first-order chi connectivity index (χ1) is 11.9. The zero-order chi connectivity index (χ0) is 16.2. The quantitative estimate of drug-likeness (QED) is 0.580. The first-order valence-corrected chi connectivity index (χ1v) is 11.4. The van der Waals surface area contributed by atoms with Crippen molar-refractivity contribution in [2.75, 3.05) is 0 Å². The summed E-state index contributed by atoms with van der Waals surface area (Å²) in [7, 11) is -0.0384. The first-order valence-electron chi connectivity index (χ1n) is 9.94. The Morgan fingerprint density at radius 2 is 1.21 bits per heavy atom. The van der Waals surface area contributed by atoms with E-state index in [0.717, 1.165) is 11.3 Å². The third-order valence-electron chi connectivity index (χ3n) is 5.98. The predicted molar refractivity (Wildman–Crippen MR) is 106 cm³/mol. The van der Waals surface area contributed by atoms with Crippen LogP contribution in [0.5, 0.6) is 0 Å². The standard InChI is InChI=1S/C22H30NP/c1-3-11-19(12-4-1)24(20-13-5-2-6-14-20)22-16-8-7-15-21(22)23-17-9-10-18-23/h7-10,15-20H,1-6,11-14H2. The van der Waals surface area contributed by atoms with E-state index in [9.17, 15) is 0 Å². The highest BCUT2D eigenvalue weighted by atomic mass is 31.1. The Balaban J connectivity index is 1.72. The minimum absolute atomic E-state index is 0.0384. The second kappa shape index (κ2) is 7.87. The lowest BCUT2D eigenvalue weighted by Crippen LogP contribution is -2.28. The third kappa shape index (κ3) is 3.47. The Bertz CT molecular complexity index is 603. The van der Waals surface area contributed by atoms with Crippen LogP contribution >= 0.6 is 7.92 Å². The van der Waals surface area contributed by atoms with E-state index in [1.807, 2.05) is 0 Å². The van der Waals surface area contributed by atoms with Gasteiger partial charge >= 0.3 is 0 Å². The van der Waals surface area contributed by atoms with Crippen LogP contribution in [0.4, 0.5) is 0 Å². The highest BCUT2D eigenvalue weighted by Crippen LogP contribution is 2.55. The Morgan fingerprint density at radius 1 is 0.667 bits per heavy atom. The van der Waals surface area contributed by atoms with Gasteiger partial charge in [0, 0.05) is 17.7 Å². The number of hydrogen-bond acceptors (Lipinski definition) is 0. The van der Waals surface area contributed by atoms with Crippen molar-refractivity contribution in [3.8, 4) is 5.69 Å². The minimum Gasteiger partial charge on any atom is -0.323 e. The molecule has 2 aliphatic rings. The molecule has 128 valence electrons. The highest BCUT2D eigenvalue weighted by molar-refractivity contribution is 7.67. The number of para-hydroxylation sites is 1. The Morgan fingerprint density at radius 3 is 1.79 bits per heavy atom. The summed E-state index contributed by atoms with van der Waals surface area (Å²) < 4.78 is 2.34. The lowest BCUT2D eigenvalue weighted by molar-refractivity contribution is 0.487. The molecule has 0 saturated heterocycles. The lowest BCUT2D eigenvalue weighted by Gasteiger charge is -2.39. The maximum Gasteiger partial charge on any atom is 0.0526 e. The summed E-state index contributed by atoms with van der Waals surface area (Å²) in [5, 5.41) is 1.68. The van der Waals surface area contributed by atoms with Gasteiger partial charge in [0.05, 0.1) is 5.69 Å². The van der Waals surface area contributed by atoms with Crippen molar-refractivity contribution in [2.45, 2.75) is 75.5 Å². The minimum atomic E-state index is -0.0384. The van der Waals surface area contributed by atoms with Crippen LogP contribution in [0, 0.1) is 0 Å². The fraction of sp³-hybridized carbons (Fsp3) is 0.545. The van der Waals surface area contributed by atoms with Crippen molar-refractivity contribution >= 4 is 13.2 Å². The van der Waals surface area contributed by atoms with Gasteiger partial charge in [-0.1, -0.05) is 64.6 Å². The molecule has 0 N–H and O–H groups in total. The zero-order valence-corrected chi connectivity index (χ0v) is 15.6. The number of hydrogen-bond donors (Lipinski definition) is 0. The third-order valence-corrected chi connectivity index (χ3v) is 9.52. The molecular weight excluding hydrogens is 309 g/mol. The van der Waals surface area contributed by atoms with Crippen molar-refractivity contribution in [1.29, 1.82) is 0 Å². The van der Waals surface area contributed by atoms with Crippen LogP contribution in [-0.2, 0) is 0 Å². The van der Waals surface area contributed by atoms with E-state index in [0.29, 0.717) is 0 Å². The number of nitrogens with zero attached hydrogens (tertiary/aromatic N) is 1. The smallest absolute Gasteiger partial charge is 0.0526 e. The molecule has 1 heterocycles. The molecule has 2 saturated carbocycles. The van der Waals surface area contributed by atoms with Crippen molar-refractivity contribution in [3.63, 3.8) is 0 Å². The highest BCUT2D eigenvalue weighted by Gasteiger charge is 2.33. The summed E-state index contributed by atoms with van der Waals surface area (Å²) in [6.45, 7) is 0. The fourth-order valence-corrected chi connectivity index (χ4v) is 8.74. The summed E-state index contributed by atoms with van der Waals surface area (Å²) in [5.41, 5.74) is 3.38. The second-order valence-electron chi connectivity index (χ2n) is 7.57. The average Bonchev–Trinajstić information content (AvgIpc) is 3.19. The zero-order valence-electron chi connectivity index (χ0n) is 14.7. The number of rotatable bonds is 4. The molecule has 24 heavy (non-hydrogen) atoms. The van der Waals surface area contributed by atoms with Gasteiger partial charge in [0.1, 0.15) is 0 Å². The molecule has 2 heteroatoms.